The number of nitrogens with two attached hydrogens (primary N) is 1. The Labute approximate surface area is 123 Å². The minimum Gasteiger partial charge on any atom is -0.453 e. The van der Waals surface area contributed by atoms with Crippen molar-refractivity contribution in [1.82, 2.24) is 0 Å². The standard InChI is InChI=1S/C18H16FNO/c19-16-9-3-7-14(11-12-20)18(16)21-17-10-4-6-13-5-1-2-8-15(13)17/h1-10H,11-12,20H2. The van der Waals surface area contributed by atoms with Crippen LogP contribution in [0.4, 0.5) is 4.39 Å². The zero-order valence-electron chi connectivity index (χ0n) is 11.6. The Kier molecular flexibility index (Phi) is 3.84. The van der Waals surface area contributed by atoms with Gasteiger partial charge < -0.3 is 10.5 Å². The zero-order chi connectivity index (χ0) is 14.7. The number of para-hydroxylation sites is 1. The van der Waals surface area contributed by atoms with Crippen LogP contribution in [0.2, 0.25) is 0 Å². The van der Waals surface area contributed by atoms with Gasteiger partial charge in [0.25, 0.3) is 0 Å². The van der Waals surface area contributed by atoms with E-state index in [4.69, 9.17) is 10.5 Å². The number of ether oxygens (including phenoxy) is 1. The molecule has 0 atom stereocenters. The molecule has 0 amide bonds. The van der Waals surface area contributed by atoms with Gasteiger partial charge in [0.15, 0.2) is 11.6 Å². The summed E-state index contributed by atoms with van der Waals surface area (Å²) in [5.41, 5.74) is 6.37. The molecule has 0 bridgehead atoms. The van der Waals surface area contributed by atoms with E-state index < -0.39 is 0 Å². The number of hydrogen-bond acceptors (Lipinski definition) is 2. The molecule has 106 valence electrons. The molecule has 0 radical (unpaired) electrons. The van der Waals surface area contributed by atoms with Gasteiger partial charge in [-0.1, -0.05) is 48.5 Å². The van der Waals surface area contributed by atoms with Gasteiger partial charge in [0, 0.05) is 5.39 Å². The highest BCUT2D eigenvalue weighted by Gasteiger charge is 2.12. The van der Waals surface area contributed by atoms with Crippen LogP contribution in [0, 0.1) is 5.82 Å². The van der Waals surface area contributed by atoms with E-state index in [9.17, 15) is 4.39 Å². The highest BCUT2D eigenvalue weighted by Crippen LogP contribution is 2.33. The van der Waals surface area contributed by atoms with Gasteiger partial charge >= 0.3 is 0 Å². The summed E-state index contributed by atoms with van der Waals surface area (Å²) in [4.78, 5) is 0. The molecule has 0 aliphatic carbocycles. The lowest BCUT2D eigenvalue weighted by molar-refractivity contribution is 0.440. The predicted octanol–water partition coefficient (Wildman–Crippen LogP) is 4.27. The van der Waals surface area contributed by atoms with Crippen molar-refractivity contribution >= 4 is 10.8 Å². The number of halogens is 1. The van der Waals surface area contributed by atoms with Crippen molar-refractivity contribution in [3.05, 3.63) is 72.0 Å². The van der Waals surface area contributed by atoms with E-state index in [-0.39, 0.29) is 11.6 Å². The molecule has 3 heteroatoms. The molecule has 2 nitrogen and oxygen atoms in total. The summed E-state index contributed by atoms with van der Waals surface area (Å²) in [7, 11) is 0. The van der Waals surface area contributed by atoms with Crippen LogP contribution in [0.5, 0.6) is 11.5 Å². The van der Waals surface area contributed by atoms with Crippen molar-refractivity contribution in [3.8, 4) is 11.5 Å². The molecule has 0 aliphatic heterocycles. The third-order valence-corrected chi connectivity index (χ3v) is 3.42. The molecule has 2 N–H and O–H groups in total. The maximum absolute atomic E-state index is 14.1. The first-order valence-electron chi connectivity index (χ1n) is 6.92. The first kappa shape index (κ1) is 13.6. The van der Waals surface area contributed by atoms with Crippen LogP contribution >= 0.6 is 0 Å². The lowest BCUT2D eigenvalue weighted by Gasteiger charge is -2.13. The molecular formula is C18H16FNO. The van der Waals surface area contributed by atoms with Crippen LogP contribution in [-0.2, 0) is 6.42 Å². The summed E-state index contributed by atoms with van der Waals surface area (Å²) in [6, 6.07) is 18.6. The number of fused-ring (bicyclic) bond motifs is 1. The fraction of sp³-hybridized carbons (Fsp3) is 0.111. The van der Waals surface area contributed by atoms with E-state index in [2.05, 4.69) is 0 Å². The molecule has 0 spiro atoms. The highest BCUT2D eigenvalue weighted by atomic mass is 19.1. The van der Waals surface area contributed by atoms with Gasteiger partial charge in [0.1, 0.15) is 5.75 Å². The molecule has 3 rings (SSSR count). The fourth-order valence-electron chi connectivity index (χ4n) is 2.41. The topological polar surface area (TPSA) is 35.2 Å². The molecular weight excluding hydrogens is 265 g/mol. The van der Waals surface area contributed by atoms with E-state index in [0.29, 0.717) is 18.7 Å². The first-order chi connectivity index (χ1) is 10.3. The summed E-state index contributed by atoms with van der Waals surface area (Å²) in [6.45, 7) is 0.454. The van der Waals surface area contributed by atoms with E-state index in [1.807, 2.05) is 48.5 Å². The molecule has 3 aromatic rings. The van der Waals surface area contributed by atoms with Crippen molar-refractivity contribution in [2.75, 3.05) is 6.54 Å². The summed E-state index contributed by atoms with van der Waals surface area (Å²) in [5.74, 6) is 0.546. The third kappa shape index (κ3) is 2.73. The van der Waals surface area contributed by atoms with Gasteiger partial charge in [-0.15, -0.1) is 0 Å². The fourth-order valence-corrected chi connectivity index (χ4v) is 2.41. The van der Waals surface area contributed by atoms with Gasteiger partial charge in [-0.05, 0) is 36.0 Å². The average molecular weight is 281 g/mol. The summed E-state index contributed by atoms with van der Waals surface area (Å²) in [6.07, 6.45) is 0.581. The summed E-state index contributed by atoms with van der Waals surface area (Å²) in [5, 5.41) is 2.02. The molecule has 0 unspecified atom stereocenters. The Balaban J connectivity index is 2.07. The summed E-state index contributed by atoms with van der Waals surface area (Å²) >= 11 is 0. The van der Waals surface area contributed by atoms with Crippen molar-refractivity contribution in [2.45, 2.75) is 6.42 Å². The molecule has 0 fully saturated rings. The Morgan fingerprint density at radius 3 is 2.52 bits per heavy atom. The van der Waals surface area contributed by atoms with Crippen LogP contribution in [0.15, 0.2) is 60.7 Å². The van der Waals surface area contributed by atoms with E-state index in [0.717, 1.165) is 16.3 Å². The second-order valence-corrected chi connectivity index (χ2v) is 4.85. The van der Waals surface area contributed by atoms with Gasteiger partial charge in [0.2, 0.25) is 0 Å². The molecule has 0 heterocycles. The Hall–Kier alpha value is -2.39. The van der Waals surface area contributed by atoms with Gasteiger partial charge in [-0.3, -0.25) is 0 Å². The number of benzene rings is 3. The maximum Gasteiger partial charge on any atom is 0.166 e. The van der Waals surface area contributed by atoms with Crippen LogP contribution in [-0.4, -0.2) is 6.54 Å². The minimum absolute atomic E-state index is 0.263. The maximum atomic E-state index is 14.1. The van der Waals surface area contributed by atoms with Gasteiger partial charge in [0.05, 0.1) is 0 Å². The Morgan fingerprint density at radius 2 is 1.67 bits per heavy atom. The Bertz CT molecular complexity index is 765. The predicted molar refractivity (Wildman–Crippen MR) is 83.2 cm³/mol. The quantitative estimate of drug-likeness (QED) is 0.775. The zero-order valence-corrected chi connectivity index (χ0v) is 11.6. The number of hydrogen-bond donors (Lipinski definition) is 1. The SMILES string of the molecule is NCCc1cccc(F)c1Oc1cccc2ccccc12. The van der Waals surface area contributed by atoms with Gasteiger partial charge in [-0.25, -0.2) is 4.39 Å². The number of rotatable bonds is 4. The highest BCUT2D eigenvalue weighted by molar-refractivity contribution is 5.88. The minimum atomic E-state index is -0.367. The molecule has 0 saturated carbocycles. The third-order valence-electron chi connectivity index (χ3n) is 3.42. The van der Waals surface area contributed by atoms with E-state index >= 15 is 0 Å². The summed E-state index contributed by atoms with van der Waals surface area (Å²) < 4.78 is 20.0. The van der Waals surface area contributed by atoms with Crippen LogP contribution in [0.1, 0.15) is 5.56 Å². The Morgan fingerprint density at radius 1 is 0.905 bits per heavy atom. The van der Waals surface area contributed by atoms with E-state index in [1.54, 1.807) is 6.07 Å². The van der Waals surface area contributed by atoms with Crippen LogP contribution < -0.4 is 10.5 Å². The second kappa shape index (κ2) is 5.94. The molecule has 21 heavy (non-hydrogen) atoms. The van der Waals surface area contributed by atoms with E-state index in [1.165, 1.54) is 6.07 Å². The normalized spacial score (nSPS) is 10.8. The van der Waals surface area contributed by atoms with Crippen molar-refractivity contribution in [3.63, 3.8) is 0 Å². The van der Waals surface area contributed by atoms with Crippen molar-refractivity contribution in [1.29, 1.82) is 0 Å². The lowest BCUT2D eigenvalue weighted by atomic mass is 10.1. The average Bonchev–Trinajstić information content (AvgIpc) is 2.51. The molecule has 0 aliphatic rings. The van der Waals surface area contributed by atoms with Crippen LogP contribution in [0.3, 0.4) is 0 Å². The van der Waals surface area contributed by atoms with Crippen molar-refractivity contribution < 1.29 is 9.13 Å². The van der Waals surface area contributed by atoms with Gasteiger partial charge in [-0.2, -0.15) is 0 Å². The monoisotopic (exact) mass is 281 g/mol. The van der Waals surface area contributed by atoms with Crippen molar-refractivity contribution in [2.24, 2.45) is 5.73 Å². The van der Waals surface area contributed by atoms with Crippen LogP contribution in [0.25, 0.3) is 10.8 Å². The largest absolute Gasteiger partial charge is 0.453 e. The molecule has 0 aromatic heterocycles. The lowest BCUT2D eigenvalue weighted by Crippen LogP contribution is -2.05. The first-order valence-corrected chi connectivity index (χ1v) is 6.92. The second-order valence-electron chi connectivity index (χ2n) is 4.85. The molecule has 0 saturated heterocycles. The molecule has 3 aromatic carbocycles. The smallest absolute Gasteiger partial charge is 0.166 e.